The molecule has 0 aliphatic carbocycles. The highest BCUT2D eigenvalue weighted by molar-refractivity contribution is 6.18. The summed E-state index contributed by atoms with van der Waals surface area (Å²) in [4.78, 5) is 28.1. The Bertz CT molecular complexity index is 122. The molecule has 0 aliphatic heterocycles. The summed E-state index contributed by atoms with van der Waals surface area (Å²) in [5.41, 5.74) is 0. The van der Waals surface area contributed by atoms with Crippen LogP contribution in [0.1, 0.15) is 6.92 Å². The van der Waals surface area contributed by atoms with E-state index in [4.69, 9.17) is 0 Å². The third kappa shape index (κ3) is 4.87. The summed E-state index contributed by atoms with van der Waals surface area (Å²) in [7, 11) is 1.60. The molecular formula is C4H7BO4. The average Bonchev–Trinajstić information content (AvgIpc) is 1.83. The summed E-state index contributed by atoms with van der Waals surface area (Å²) < 4.78 is 0. The molecule has 9 heavy (non-hydrogen) atoms. The van der Waals surface area contributed by atoms with Gasteiger partial charge in [-0.3, -0.25) is 0 Å². The van der Waals surface area contributed by atoms with E-state index in [0.29, 0.717) is 0 Å². The van der Waals surface area contributed by atoms with Gasteiger partial charge in [-0.15, -0.1) is 0 Å². The molecule has 0 spiro atoms. The normalized spacial score (nSPS) is 8.11. The van der Waals surface area contributed by atoms with Gasteiger partial charge in [-0.1, -0.05) is 0 Å². The van der Waals surface area contributed by atoms with Crippen molar-refractivity contribution in [3.8, 4) is 0 Å². The van der Waals surface area contributed by atoms with Gasteiger partial charge in [0, 0.05) is 13.2 Å². The summed E-state index contributed by atoms with van der Waals surface area (Å²) >= 11 is 0. The fourth-order valence-corrected chi connectivity index (χ4v) is 0.164. The minimum Gasteiger partial charge on any atom is -0.248 e. The minimum atomic E-state index is -0.628. The Morgan fingerprint density at radius 3 is 2.33 bits per heavy atom. The van der Waals surface area contributed by atoms with Crippen molar-refractivity contribution in [3.63, 3.8) is 0 Å². The molecule has 0 bridgehead atoms. The lowest BCUT2D eigenvalue weighted by Gasteiger charge is -1.95. The maximum absolute atomic E-state index is 10.2. The lowest BCUT2D eigenvalue weighted by molar-refractivity contribution is -0.255. The largest absolute Gasteiger partial charge is 0.352 e. The van der Waals surface area contributed by atoms with Crippen molar-refractivity contribution in [1.29, 1.82) is 0 Å². The van der Waals surface area contributed by atoms with Gasteiger partial charge in [0.25, 0.3) is 0 Å². The molecule has 0 aromatic carbocycles. The van der Waals surface area contributed by atoms with E-state index in [1.807, 2.05) is 0 Å². The molecule has 0 radical (unpaired) electrons. The predicted octanol–water partition coefficient (Wildman–Crippen LogP) is -0.941. The molecule has 0 saturated carbocycles. The molecule has 0 fully saturated rings. The van der Waals surface area contributed by atoms with Crippen LogP contribution in [0.15, 0.2) is 0 Å². The Kier molecular flexibility index (Phi) is 3.51. The molecule has 0 aliphatic rings. The molecule has 0 heterocycles. The summed E-state index contributed by atoms with van der Waals surface area (Å²) in [5, 5.41) is 0. The highest BCUT2D eigenvalue weighted by atomic mass is 17.2. The first kappa shape index (κ1) is 8.00. The molecular weight excluding hydrogens is 123 g/mol. The Labute approximate surface area is 53.5 Å². The van der Waals surface area contributed by atoms with E-state index < -0.39 is 11.9 Å². The lowest BCUT2D eigenvalue weighted by Crippen LogP contribution is -2.07. The van der Waals surface area contributed by atoms with Gasteiger partial charge in [0.15, 0.2) is 0 Å². The van der Waals surface area contributed by atoms with Crippen LogP contribution in [0.5, 0.6) is 0 Å². The molecule has 0 rings (SSSR count). The number of carbonyl (C=O) groups is 2. The zero-order chi connectivity index (χ0) is 7.28. The third-order valence-corrected chi connectivity index (χ3v) is 0.541. The van der Waals surface area contributed by atoms with E-state index in [1.54, 1.807) is 7.85 Å². The monoisotopic (exact) mass is 130 g/mol. The number of carbonyl (C=O) groups excluding carboxylic acids is 2. The second-order valence-electron chi connectivity index (χ2n) is 1.38. The summed E-state index contributed by atoms with van der Waals surface area (Å²) in [6, 6.07) is 0. The fraction of sp³-hybridized carbons (Fsp3) is 0.500. The van der Waals surface area contributed by atoms with Crippen molar-refractivity contribution >= 4 is 19.8 Å². The zero-order valence-corrected chi connectivity index (χ0v) is 5.34. The maximum Gasteiger partial charge on any atom is 0.352 e. The Morgan fingerprint density at radius 2 is 2.00 bits per heavy atom. The van der Waals surface area contributed by atoms with E-state index in [9.17, 15) is 9.59 Å². The molecule has 5 heteroatoms. The number of hydrogen-bond acceptors (Lipinski definition) is 4. The van der Waals surface area contributed by atoms with Gasteiger partial charge < -0.3 is 0 Å². The molecule has 0 N–H and O–H groups in total. The average molecular weight is 130 g/mol. The quantitative estimate of drug-likeness (QED) is 0.261. The van der Waals surface area contributed by atoms with Crippen LogP contribution in [-0.4, -0.2) is 19.8 Å². The van der Waals surface area contributed by atoms with E-state index in [2.05, 4.69) is 9.78 Å². The Balaban J connectivity index is 3.28. The van der Waals surface area contributed by atoms with Gasteiger partial charge in [0.05, 0.1) is 0 Å². The lowest BCUT2D eigenvalue weighted by atomic mass is 10.1. The molecule has 0 saturated heterocycles. The second-order valence-corrected chi connectivity index (χ2v) is 1.38. The fourth-order valence-electron chi connectivity index (χ4n) is 0.164. The first-order chi connectivity index (χ1) is 4.16. The standard InChI is InChI=1S/C4H7BO4/c1-3(6)8-9-4(7)2-5/h2,5H2,1H3. The van der Waals surface area contributed by atoms with Crippen LogP contribution in [0, 0.1) is 0 Å². The topological polar surface area (TPSA) is 52.6 Å². The van der Waals surface area contributed by atoms with E-state index in [1.165, 1.54) is 0 Å². The minimum absolute atomic E-state index is 0.202. The Hall–Kier alpha value is -0.995. The van der Waals surface area contributed by atoms with E-state index in [-0.39, 0.29) is 6.32 Å². The molecule has 50 valence electrons. The third-order valence-electron chi connectivity index (χ3n) is 0.541. The van der Waals surface area contributed by atoms with Crippen molar-refractivity contribution in [1.82, 2.24) is 0 Å². The van der Waals surface area contributed by atoms with Gasteiger partial charge >= 0.3 is 11.9 Å². The molecule has 0 amide bonds. The van der Waals surface area contributed by atoms with Gasteiger partial charge in [0.2, 0.25) is 0 Å². The first-order valence-corrected chi connectivity index (χ1v) is 2.54. The van der Waals surface area contributed by atoms with Crippen LogP contribution in [0.4, 0.5) is 0 Å². The second kappa shape index (κ2) is 3.94. The predicted molar refractivity (Wildman–Crippen MR) is 31.2 cm³/mol. The maximum atomic E-state index is 10.2. The van der Waals surface area contributed by atoms with Crippen molar-refractivity contribution in [2.45, 2.75) is 13.2 Å². The summed E-state index contributed by atoms with van der Waals surface area (Å²) in [6.45, 7) is 1.16. The van der Waals surface area contributed by atoms with E-state index >= 15 is 0 Å². The van der Waals surface area contributed by atoms with Crippen LogP contribution in [0.3, 0.4) is 0 Å². The molecule has 0 aromatic heterocycles. The SMILES string of the molecule is BCC(=O)OOC(C)=O. The first-order valence-electron chi connectivity index (χ1n) is 2.54. The van der Waals surface area contributed by atoms with Gasteiger partial charge in [0.1, 0.15) is 7.85 Å². The van der Waals surface area contributed by atoms with Crippen LogP contribution < -0.4 is 0 Å². The zero-order valence-electron chi connectivity index (χ0n) is 5.34. The van der Waals surface area contributed by atoms with Crippen LogP contribution in [-0.2, 0) is 19.4 Å². The Morgan fingerprint density at radius 1 is 1.44 bits per heavy atom. The van der Waals surface area contributed by atoms with E-state index in [0.717, 1.165) is 6.92 Å². The van der Waals surface area contributed by atoms with Crippen LogP contribution >= 0.6 is 0 Å². The molecule has 4 nitrogen and oxygen atoms in total. The molecule has 0 unspecified atom stereocenters. The van der Waals surface area contributed by atoms with Crippen molar-refractivity contribution in [2.75, 3.05) is 0 Å². The summed E-state index contributed by atoms with van der Waals surface area (Å²) in [6.07, 6.45) is 0.202. The highest BCUT2D eigenvalue weighted by Crippen LogP contribution is 1.84. The van der Waals surface area contributed by atoms with Crippen molar-refractivity contribution in [3.05, 3.63) is 0 Å². The van der Waals surface area contributed by atoms with Crippen LogP contribution in [0.2, 0.25) is 6.32 Å². The van der Waals surface area contributed by atoms with Gasteiger partial charge in [-0.2, -0.15) is 0 Å². The smallest absolute Gasteiger partial charge is 0.248 e. The van der Waals surface area contributed by atoms with Crippen molar-refractivity contribution < 1.29 is 19.4 Å². The molecule has 0 atom stereocenters. The highest BCUT2D eigenvalue weighted by Gasteiger charge is 2.00. The summed E-state index contributed by atoms with van der Waals surface area (Å²) in [5.74, 6) is -1.18. The van der Waals surface area contributed by atoms with Gasteiger partial charge in [-0.25, -0.2) is 19.4 Å². The number of rotatable bonds is 1. The van der Waals surface area contributed by atoms with Gasteiger partial charge in [-0.05, 0) is 0 Å². The van der Waals surface area contributed by atoms with Crippen molar-refractivity contribution in [2.24, 2.45) is 0 Å². The molecule has 0 aromatic rings. The number of hydrogen-bond donors (Lipinski definition) is 0. The van der Waals surface area contributed by atoms with Crippen LogP contribution in [0.25, 0.3) is 0 Å².